The molecule has 0 aliphatic rings. The summed E-state index contributed by atoms with van der Waals surface area (Å²) >= 11 is 1.50. The first-order chi connectivity index (χ1) is 11.0. The van der Waals surface area contributed by atoms with Crippen molar-refractivity contribution in [2.24, 2.45) is 0 Å². The Labute approximate surface area is 138 Å². The lowest BCUT2D eigenvalue weighted by atomic mass is 10.1. The number of aliphatic hydroxyl groups is 1. The Hall–Kier alpha value is -2.19. The third-order valence-corrected chi connectivity index (χ3v) is 4.12. The zero-order valence-corrected chi connectivity index (χ0v) is 13.7. The number of hydrogen-bond donors (Lipinski definition) is 3. The molecule has 1 heterocycles. The average Bonchev–Trinajstić information content (AvgIpc) is 3.00. The minimum atomic E-state index is -0.888. The van der Waals surface area contributed by atoms with Gasteiger partial charge >= 0.3 is 6.03 Å². The molecule has 23 heavy (non-hydrogen) atoms. The number of nitrogens with zero attached hydrogens (tertiary/aromatic N) is 2. The smallest absolute Gasteiger partial charge is 0.315 e. The van der Waals surface area contributed by atoms with Crippen molar-refractivity contribution >= 4 is 22.5 Å². The highest BCUT2D eigenvalue weighted by Crippen LogP contribution is 2.17. The van der Waals surface area contributed by atoms with Gasteiger partial charge in [0.1, 0.15) is 5.82 Å². The maximum atomic E-state index is 12.8. The molecule has 2 amide bonds. The van der Waals surface area contributed by atoms with Crippen LogP contribution in [0.3, 0.4) is 0 Å². The van der Waals surface area contributed by atoms with E-state index < -0.39 is 12.1 Å². The van der Waals surface area contributed by atoms with Crippen LogP contribution in [-0.2, 0) is 6.54 Å². The van der Waals surface area contributed by atoms with Crippen LogP contribution in [0.1, 0.15) is 17.4 Å². The first kappa shape index (κ1) is 17.2. The van der Waals surface area contributed by atoms with Gasteiger partial charge < -0.3 is 20.6 Å². The number of halogens is 1. The molecule has 3 N–H and O–H groups in total. The summed E-state index contributed by atoms with van der Waals surface area (Å²) in [4.78, 5) is 18.0. The van der Waals surface area contributed by atoms with Gasteiger partial charge in [-0.05, 0) is 17.7 Å². The van der Waals surface area contributed by atoms with Crippen LogP contribution in [0.4, 0.5) is 14.3 Å². The summed E-state index contributed by atoms with van der Waals surface area (Å²) in [6.07, 6.45) is -0.888. The van der Waals surface area contributed by atoms with Crippen LogP contribution < -0.4 is 15.5 Å². The molecule has 0 aliphatic heterocycles. The highest BCUT2D eigenvalue weighted by Gasteiger charge is 2.10. The highest BCUT2D eigenvalue weighted by atomic mass is 32.1. The van der Waals surface area contributed by atoms with Crippen LogP contribution in [-0.4, -0.2) is 36.8 Å². The van der Waals surface area contributed by atoms with Gasteiger partial charge in [0.25, 0.3) is 0 Å². The van der Waals surface area contributed by atoms with Gasteiger partial charge in [-0.3, -0.25) is 0 Å². The molecule has 6 nitrogen and oxygen atoms in total. The molecule has 0 aliphatic carbocycles. The van der Waals surface area contributed by atoms with E-state index in [9.17, 15) is 14.3 Å². The van der Waals surface area contributed by atoms with E-state index in [2.05, 4.69) is 15.6 Å². The fourth-order valence-corrected chi connectivity index (χ4v) is 2.57. The number of thiazole rings is 1. The second-order valence-electron chi connectivity index (χ2n) is 5.15. The van der Waals surface area contributed by atoms with Gasteiger partial charge in [-0.2, -0.15) is 0 Å². The van der Waals surface area contributed by atoms with Crippen LogP contribution in [0.2, 0.25) is 0 Å². The van der Waals surface area contributed by atoms with E-state index in [1.54, 1.807) is 0 Å². The quantitative estimate of drug-likeness (QED) is 0.752. The van der Waals surface area contributed by atoms with Crippen LogP contribution >= 0.6 is 11.3 Å². The SMILES string of the molecule is CN(C)c1nc(CNC(=O)NCC(O)c2ccc(F)cc2)cs1. The normalized spacial score (nSPS) is 11.8. The minimum absolute atomic E-state index is 0.0392. The molecule has 1 aromatic heterocycles. The topological polar surface area (TPSA) is 77.5 Å². The summed E-state index contributed by atoms with van der Waals surface area (Å²) in [6.45, 7) is 0.348. The third kappa shape index (κ3) is 5.19. The molecule has 1 aromatic carbocycles. The van der Waals surface area contributed by atoms with E-state index in [0.29, 0.717) is 12.1 Å². The van der Waals surface area contributed by atoms with E-state index in [4.69, 9.17) is 0 Å². The summed E-state index contributed by atoms with van der Waals surface area (Å²) in [7, 11) is 3.80. The van der Waals surface area contributed by atoms with E-state index in [0.717, 1.165) is 10.8 Å². The maximum Gasteiger partial charge on any atom is 0.315 e. The second-order valence-corrected chi connectivity index (χ2v) is 5.98. The number of urea groups is 1. The molecule has 0 fully saturated rings. The molecular formula is C15H19FN4O2S. The van der Waals surface area contributed by atoms with Crippen LogP contribution in [0.5, 0.6) is 0 Å². The number of nitrogens with one attached hydrogen (secondary N) is 2. The van der Waals surface area contributed by atoms with Gasteiger partial charge in [-0.15, -0.1) is 11.3 Å². The third-order valence-electron chi connectivity index (χ3n) is 3.06. The molecule has 0 bridgehead atoms. The summed E-state index contributed by atoms with van der Waals surface area (Å²) in [6, 6.07) is 5.10. The maximum absolute atomic E-state index is 12.8. The Balaban J connectivity index is 1.75. The van der Waals surface area contributed by atoms with Crippen molar-refractivity contribution in [2.75, 3.05) is 25.5 Å². The van der Waals surface area contributed by atoms with Crippen LogP contribution in [0.15, 0.2) is 29.6 Å². The van der Waals surface area contributed by atoms with Crippen molar-refractivity contribution in [2.45, 2.75) is 12.6 Å². The van der Waals surface area contributed by atoms with Crippen molar-refractivity contribution in [3.05, 3.63) is 46.7 Å². The van der Waals surface area contributed by atoms with Crippen molar-refractivity contribution in [3.8, 4) is 0 Å². The summed E-state index contributed by atoms with van der Waals surface area (Å²) in [5.41, 5.74) is 1.31. The van der Waals surface area contributed by atoms with Gasteiger partial charge in [0.2, 0.25) is 0 Å². The number of hydrogen-bond acceptors (Lipinski definition) is 5. The van der Waals surface area contributed by atoms with E-state index >= 15 is 0 Å². The lowest BCUT2D eigenvalue weighted by Gasteiger charge is -2.12. The number of aliphatic hydroxyl groups excluding tert-OH is 1. The molecule has 0 saturated carbocycles. The highest BCUT2D eigenvalue weighted by molar-refractivity contribution is 7.13. The Morgan fingerprint density at radius 3 is 2.65 bits per heavy atom. The molecule has 0 radical (unpaired) electrons. The van der Waals surface area contributed by atoms with E-state index in [-0.39, 0.29) is 12.4 Å². The Morgan fingerprint density at radius 2 is 2.04 bits per heavy atom. The largest absolute Gasteiger partial charge is 0.387 e. The van der Waals surface area contributed by atoms with Gasteiger partial charge in [0.15, 0.2) is 5.13 Å². The fourth-order valence-electron chi connectivity index (χ4n) is 1.81. The predicted octanol–water partition coefficient (Wildman–Crippen LogP) is 1.88. The second kappa shape index (κ2) is 7.89. The lowest BCUT2D eigenvalue weighted by molar-refractivity contribution is 0.173. The number of rotatable bonds is 6. The molecule has 2 rings (SSSR count). The zero-order chi connectivity index (χ0) is 16.8. The van der Waals surface area contributed by atoms with E-state index in [1.165, 1.54) is 35.6 Å². The van der Waals surface area contributed by atoms with Gasteiger partial charge in [-0.1, -0.05) is 12.1 Å². The van der Waals surface area contributed by atoms with Gasteiger partial charge in [-0.25, -0.2) is 14.2 Å². The molecule has 1 atom stereocenters. The minimum Gasteiger partial charge on any atom is -0.387 e. The number of aromatic nitrogens is 1. The van der Waals surface area contributed by atoms with Crippen molar-refractivity contribution in [1.29, 1.82) is 0 Å². The number of carbonyl (C=O) groups is 1. The number of anilines is 1. The van der Waals surface area contributed by atoms with Crippen molar-refractivity contribution in [3.63, 3.8) is 0 Å². The summed E-state index contributed by atoms with van der Waals surface area (Å²) in [5.74, 6) is -0.369. The van der Waals surface area contributed by atoms with Gasteiger partial charge in [0.05, 0.1) is 18.3 Å². The first-order valence-electron chi connectivity index (χ1n) is 7.02. The van der Waals surface area contributed by atoms with Crippen LogP contribution in [0, 0.1) is 5.82 Å². The number of carbonyl (C=O) groups excluding carboxylic acids is 1. The number of amides is 2. The molecule has 0 spiro atoms. The standard InChI is InChI=1S/C15H19FN4O2S/c1-20(2)15-19-12(9-23-15)7-17-14(22)18-8-13(21)10-3-5-11(16)6-4-10/h3-6,9,13,21H,7-8H2,1-2H3,(H2,17,18,22). The van der Waals surface area contributed by atoms with E-state index in [1.807, 2.05) is 24.4 Å². The van der Waals surface area contributed by atoms with Crippen LogP contribution in [0.25, 0.3) is 0 Å². The fraction of sp³-hybridized carbons (Fsp3) is 0.333. The molecule has 0 saturated heterocycles. The predicted molar refractivity (Wildman–Crippen MR) is 88.0 cm³/mol. The molecule has 124 valence electrons. The zero-order valence-electron chi connectivity index (χ0n) is 12.9. The Morgan fingerprint density at radius 1 is 1.35 bits per heavy atom. The monoisotopic (exact) mass is 338 g/mol. The van der Waals surface area contributed by atoms with Crippen molar-refractivity contribution in [1.82, 2.24) is 15.6 Å². The molecule has 2 aromatic rings. The lowest BCUT2D eigenvalue weighted by Crippen LogP contribution is -2.37. The number of benzene rings is 1. The summed E-state index contributed by atoms with van der Waals surface area (Å²) in [5, 5.41) is 17.9. The molecule has 8 heteroatoms. The Bertz CT molecular complexity index is 645. The molecular weight excluding hydrogens is 319 g/mol. The average molecular weight is 338 g/mol. The first-order valence-corrected chi connectivity index (χ1v) is 7.90. The Kier molecular flexibility index (Phi) is 5.89. The van der Waals surface area contributed by atoms with Gasteiger partial charge in [0, 0.05) is 26.0 Å². The molecule has 1 unspecified atom stereocenters. The van der Waals surface area contributed by atoms with Crippen molar-refractivity contribution < 1.29 is 14.3 Å². The summed E-state index contributed by atoms with van der Waals surface area (Å²) < 4.78 is 12.8.